The third-order valence-corrected chi connectivity index (χ3v) is 10.2. The lowest BCUT2D eigenvalue weighted by molar-refractivity contribution is 0.511. The van der Waals surface area contributed by atoms with Crippen molar-refractivity contribution in [3.05, 3.63) is 48.8 Å². The molecule has 2 heterocycles. The number of aryl methyl sites for hydroxylation is 2. The van der Waals surface area contributed by atoms with Gasteiger partial charge in [-0.05, 0) is 31.0 Å². The standard InChI is InChI=1S/C44H74N4/c1-3-5-7-9-11-13-15-17-19-21-23-25-27-29-36-47-38-34-43(45-47)41-32-31-33-42(40-41)44-35-39-48(46-44)37-30-28-26-24-22-20-18-16-14-12-10-8-6-4-2/h31-35,38-40H,3-30,36-37H2,1-2H3. The van der Waals surface area contributed by atoms with Crippen LogP contribution in [-0.4, -0.2) is 19.6 Å². The zero-order valence-electron chi connectivity index (χ0n) is 31.6. The van der Waals surface area contributed by atoms with E-state index in [1.807, 2.05) is 0 Å². The Morgan fingerprint density at radius 3 is 0.979 bits per heavy atom. The van der Waals surface area contributed by atoms with Crippen LogP contribution in [0, 0.1) is 0 Å². The second-order valence-electron chi connectivity index (χ2n) is 14.7. The molecule has 0 amide bonds. The van der Waals surface area contributed by atoms with Crippen LogP contribution >= 0.6 is 0 Å². The van der Waals surface area contributed by atoms with Crippen LogP contribution in [0.5, 0.6) is 0 Å². The van der Waals surface area contributed by atoms with E-state index in [4.69, 9.17) is 10.2 Å². The first-order valence-corrected chi connectivity index (χ1v) is 21.0. The molecular formula is C44H74N4. The fourth-order valence-electron chi connectivity index (χ4n) is 7.05. The molecule has 0 bridgehead atoms. The molecule has 4 heteroatoms. The lowest BCUT2D eigenvalue weighted by atomic mass is 10.0. The highest BCUT2D eigenvalue weighted by molar-refractivity contribution is 5.69. The monoisotopic (exact) mass is 659 g/mol. The Kier molecular flexibility index (Phi) is 22.9. The maximum absolute atomic E-state index is 4.91. The smallest absolute Gasteiger partial charge is 0.0923 e. The minimum absolute atomic E-state index is 1.02. The quantitative estimate of drug-likeness (QED) is 0.0626. The number of rotatable bonds is 32. The van der Waals surface area contributed by atoms with E-state index in [1.165, 1.54) is 191 Å². The summed E-state index contributed by atoms with van der Waals surface area (Å²) in [6, 6.07) is 13.1. The lowest BCUT2D eigenvalue weighted by Crippen LogP contribution is -1.99. The number of unbranched alkanes of at least 4 members (excludes halogenated alkanes) is 26. The first-order valence-electron chi connectivity index (χ1n) is 21.0. The summed E-state index contributed by atoms with van der Waals surface area (Å²) in [5.41, 5.74) is 4.47. The third kappa shape index (κ3) is 18.4. The SMILES string of the molecule is CCCCCCCCCCCCCCCCn1ccc(-c2cccc(-c3ccn(CCCCCCCCCCCCCCCC)n3)c2)n1. The second kappa shape index (κ2) is 27.5. The predicted molar refractivity (Wildman–Crippen MR) is 210 cm³/mol. The summed E-state index contributed by atoms with van der Waals surface area (Å²) >= 11 is 0. The zero-order chi connectivity index (χ0) is 33.7. The number of aromatic nitrogens is 4. The predicted octanol–water partition coefficient (Wildman–Crippen LogP) is 14.4. The van der Waals surface area contributed by atoms with Gasteiger partial charge in [-0.2, -0.15) is 10.2 Å². The maximum Gasteiger partial charge on any atom is 0.0923 e. The number of hydrogen-bond donors (Lipinski definition) is 0. The van der Waals surface area contributed by atoms with Gasteiger partial charge in [-0.25, -0.2) is 0 Å². The summed E-state index contributed by atoms with van der Waals surface area (Å²) in [5.74, 6) is 0. The van der Waals surface area contributed by atoms with Gasteiger partial charge in [0.15, 0.2) is 0 Å². The average Bonchev–Trinajstić information content (AvgIpc) is 3.79. The average molecular weight is 659 g/mol. The van der Waals surface area contributed by atoms with Crippen LogP contribution in [0.3, 0.4) is 0 Å². The molecule has 3 rings (SSSR count). The fourth-order valence-corrected chi connectivity index (χ4v) is 7.05. The van der Waals surface area contributed by atoms with Gasteiger partial charge in [-0.3, -0.25) is 9.36 Å². The van der Waals surface area contributed by atoms with Crippen LogP contribution < -0.4 is 0 Å². The molecule has 0 aliphatic carbocycles. The van der Waals surface area contributed by atoms with Gasteiger partial charge in [0.2, 0.25) is 0 Å². The van der Waals surface area contributed by atoms with Crippen molar-refractivity contribution < 1.29 is 0 Å². The molecule has 48 heavy (non-hydrogen) atoms. The molecule has 1 aromatic carbocycles. The number of nitrogens with zero attached hydrogens (tertiary/aromatic N) is 4. The molecule has 0 spiro atoms. The molecule has 0 atom stereocenters. The van der Waals surface area contributed by atoms with Gasteiger partial charge in [-0.15, -0.1) is 0 Å². The topological polar surface area (TPSA) is 35.6 Å². The van der Waals surface area contributed by atoms with E-state index in [0.717, 1.165) is 24.5 Å². The van der Waals surface area contributed by atoms with Crippen LogP contribution in [0.2, 0.25) is 0 Å². The third-order valence-electron chi connectivity index (χ3n) is 10.2. The Hall–Kier alpha value is -2.36. The molecule has 3 aromatic rings. The van der Waals surface area contributed by atoms with Crippen LogP contribution in [0.1, 0.15) is 194 Å². The van der Waals surface area contributed by atoms with Crippen LogP contribution in [-0.2, 0) is 13.1 Å². The Morgan fingerprint density at radius 1 is 0.375 bits per heavy atom. The van der Waals surface area contributed by atoms with E-state index in [9.17, 15) is 0 Å². The summed E-state index contributed by atoms with van der Waals surface area (Å²) < 4.78 is 4.27. The molecule has 0 fully saturated rings. The molecule has 270 valence electrons. The van der Waals surface area contributed by atoms with E-state index in [1.54, 1.807) is 0 Å². The molecule has 0 saturated carbocycles. The Bertz CT molecular complexity index is 1060. The summed E-state index contributed by atoms with van der Waals surface area (Å²) in [6.07, 6.45) is 43.4. The maximum atomic E-state index is 4.91. The number of benzene rings is 1. The number of hydrogen-bond acceptors (Lipinski definition) is 2. The highest BCUT2D eigenvalue weighted by atomic mass is 15.3. The molecule has 0 unspecified atom stereocenters. The van der Waals surface area contributed by atoms with Crippen molar-refractivity contribution in [3.8, 4) is 22.5 Å². The van der Waals surface area contributed by atoms with Crippen molar-refractivity contribution in [3.63, 3.8) is 0 Å². The molecule has 0 N–H and O–H groups in total. The van der Waals surface area contributed by atoms with E-state index < -0.39 is 0 Å². The van der Waals surface area contributed by atoms with Gasteiger partial charge in [0, 0.05) is 36.6 Å². The fraction of sp³-hybridized carbons (Fsp3) is 0.727. The van der Waals surface area contributed by atoms with Gasteiger partial charge in [0.1, 0.15) is 0 Å². The molecule has 0 aliphatic heterocycles. The molecule has 0 saturated heterocycles. The van der Waals surface area contributed by atoms with E-state index in [2.05, 4.69) is 72.0 Å². The largest absolute Gasteiger partial charge is 0.272 e. The van der Waals surface area contributed by atoms with E-state index in [0.29, 0.717) is 0 Å². The van der Waals surface area contributed by atoms with Crippen molar-refractivity contribution in [1.82, 2.24) is 19.6 Å². The van der Waals surface area contributed by atoms with E-state index in [-0.39, 0.29) is 0 Å². The van der Waals surface area contributed by atoms with Gasteiger partial charge in [0.25, 0.3) is 0 Å². The van der Waals surface area contributed by atoms with Crippen molar-refractivity contribution in [2.24, 2.45) is 0 Å². The van der Waals surface area contributed by atoms with Gasteiger partial charge in [-0.1, -0.05) is 199 Å². The summed E-state index contributed by atoms with van der Waals surface area (Å²) in [4.78, 5) is 0. The molecule has 4 nitrogen and oxygen atoms in total. The van der Waals surface area contributed by atoms with Crippen LogP contribution in [0.15, 0.2) is 48.8 Å². The molecule has 2 aromatic heterocycles. The normalized spacial score (nSPS) is 11.5. The van der Waals surface area contributed by atoms with Crippen molar-refractivity contribution in [2.75, 3.05) is 0 Å². The van der Waals surface area contributed by atoms with Crippen molar-refractivity contribution >= 4 is 0 Å². The summed E-state index contributed by atoms with van der Waals surface area (Å²) in [7, 11) is 0. The summed E-state index contributed by atoms with van der Waals surface area (Å²) in [5, 5.41) is 9.82. The van der Waals surface area contributed by atoms with Crippen LogP contribution in [0.4, 0.5) is 0 Å². The molecular weight excluding hydrogens is 585 g/mol. The van der Waals surface area contributed by atoms with Gasteiger partial charge >= 0.3 is 0 Å². The van der Waals surface area contributed by atoms with Gasteiger partial charge in [0.05, 0.1) is 11.4 Å². The lowest BCUT2D eigenvalue weighted by Gasteiger charge is -2.05. The van der Waals surface area contributed by atoms with Crippen LogP contribution in [0.25, 0.3) is 22.5 Å². The Balaban J connectivity index is 1.22. The molecule has 0 aliphatic rings. The van der Waals surface area contributed by atoms with E-state index >= 15 is 0 Å². The minimum Gasteiger partial charge on any atom is -0.272 e. The minimum atomic E-state index is 1.02. The Labute approximate surface area is 296 Å². The molecule has 0 radical (unpaired) electrons. The first kappa shape index (κ1) is 40.1. The zero-order valence-corrected chi connectivity index (χ0v) is 31.6. The Morgan fingerprint density at radius 2 is 0.667 bits per heavy atom. The van der Waals surface area contributed by atoms with Gasteiger partial charge < -0.3 is 0 Å². The summed E-state index contributed by atoms with van der Waals surface area (Å²) in [6.45, 7) is 6.63. The highest BCUT2D eigenvalue weighted by Gasteiger charge is 2.08. The first-order chi connectivity index (χ1) is 23.8. The van der Waals surface area contributed by atoms with Crippen molar-refractivity contribution in [1.29, 1.82) is 0 Å². The second-order valence-corrected chi connectivity index (χ2v) is 14.7. The highest BCUT2D eigenvalue weighted by Crippen LogP contribution is 2.25. The van der Waals surface area contributed by atoms with Crippen molar-refractivity contribution in [2.45, 2.75) is 207 Å².